The summed E-state index contributed by atoms with van der Waals surface area (Å²) < 4.78 is 0. The number of pyridine rings is 1. The van der Waals surface area contributed by atoms with Crippen molar-refractivity contribution < 1.29 is 4.79 Å². The molecule has 25 heavy (non-hydrogen) atoms. The topological polar surface area (TPSA) is 42.0 Å². The van der Waals surface area contributed by atoms with Crippen molar-refractivity contribution >= 4 is 34.3 Å². The number of anilines is 1. The van der Waals surface area contributed by atoms with Crippen LogP contribution in [0.3, 0.4) is 0 Å². The summed E-state index contributed by atoms with van der Waals surface area (Å²) in [6.07, 6.45) is 0.746. The molecule has 0 saturated carbocycles. The van der Waals surface area contributed by atoms with E-state index in [9.17, 15) is 4.79 Å². The van der Waals surface area contributed by atoms with Gasteiger partial charge in [-0.15, -0.1) is 0 Å². The lowest BCUT2D eigenvalue weighted by Gasteiger charge is -2.15. The fourth-order valence-electron chi connectivity index (χ4n) is 2.71. The number of hydrogen-bond acceptors (Lipinski definition) is 3. The van der Waals surface area contributed by atoms with Crippen LogP contribution in [0.5, 0.6) is 0 Å². The van der Waals surface area contributed by atoms with E-state index >= 15 is 0 Å². The lowest BCUT2D eigenvalue weighted by molar-refractivity contribution is -0.115. The Morgan fingerprint density at radius 2 is 1.84 bits per heavy atom. The Morgan fingerprint density at radius 1 is 1.12 bits per heavy atom. The van der Waals surface area contributed by atoms with Crippen molar-refractivity contribution in [2.45, 2.75) is 37.5 Å². The van der Waals surface area contributed by atoms with Crippen LogP contribution in [-0.2, 0) is 4.79 Å². The van der Waals surface area contributed by atoms with Gasteiger partial charge in [-0.25, -0.2) is 4.98 Å². The van der Waals surface area contributed by atoms with E-state index in [1.165, 1.54) is 22.9 Å². The van der Waals surface area contributed by atoms with Gasteiger partial charge in [0.25, 0.3) is 0 Å². The van der Waals surface area contributed by atoms with E-state index in [0.717, 1.165) is 28.0 Å². The predicted octanol–water partition coefficient (Wildman–Crippen LogP) is 5.36. The van der Waals surface area contributed by atoms with Gasteiger partial charge in [-0.2, -0.15) is 0 Å². The van der Waals surface area contributed by atoms with Crippen LogP contribution in [0, 0.1) is 13.8 Å². The molecule has 0 aliphatic carbocycles. The Hall–Kier alpha value is -2.33. The maximum Gasteiger partial charge on any atom is 0.237 e. The normalized spacial score (nSPS) is 12.1. The molecule has 1 aromatic heterocycles. The van der Waals surface area contributed by atoms with Crippen molar-refractivity contribution in [2.24, 2.45) is 0 Å². The first kappa shape index (κ1) is 17.5. The molecule has 1 atom stereocenters. The first-order valence-corrected chi connectivity index (χ1v) is 9.35. The number of hydrogen-bond donors (Lipinski definition) is 1. The van der Waals surface area contributed by atoms with Gasteiger partial charge in [0.1, 0.15) is 0 Å². The second-order valence-corrected chi connectivity index (χ2v) is 7.39. The van der Waals surface area contributed by atoms with Gasteiger partial charge in [-0.3, -0.25) is 4.79 Å². The van der Waals surface area contributed by atoms with Crippen LogP contribution in [0.1, 0.15) is 24.5 Å². The zero-order valence-corrected chi connectivity index (χ0v) is 15.6. The molecule has 0 bridgehead atoms. The van der Waals surface area contributed by atoms with Crippen LogP contribution >= 0.6 is 11.8 Å². The van der Waals surface area contributed by atoms with E-state index in [0.29, 0.717) is 0 Å². The van der Waals surface area contributed by atoms with E-state index in [2.05, 4.69) is 24.4 Å². The lowest BCUT2D eigenvalue weighted by Crippen LogP contribution is -2.24. The monoisotopic (exact) mass is 350 g/mol. The number of thioether (sulfide) groups is 1. The van der Waals surface area contributed by atoms with Crippen molar-refractivity contribution in [1.29, 1.82) is 0 Å². The number of fused-ring (bicyclic) bond motifs is 1. The SMILES string of the molecule is CCC(Sc1cc(C)c2ccccc2n1)C(=O)Nc1ccc(C)cc1. The molecule has 3 aromatic rings. The number of para-hydroxylation sites is 1. The summed E-state index contributed by atoms with van der Waals surface area (Å²) in [6, 6.07) is 18.0. The number of benzene rings is 2. The molecule has 3 nitrogen and oxygen atoms in total. The van der Waals surface area contributed by atoms with Crippen molar-refractivity contribution in [2.75, 3.05) is 5.32 Å². The summed E-state index contributed by atoms with van der Waals surface area (Å²) in [4.78, 5) is 17.3. The molecule has 2 aromatic carbocycles. The zero-order valence-electron chi connectivity index (χ0n) is 14.7. The summed E-state index contributed by atoms with van der Waals surface area (Å²) >= 11 is 1.53. The number of carbonyl (C=O) groups is 1. The summed E-state index contributed by atoms with van der Waals surface area (Å²) in [5.74, 6) is 0.0176. The molecule has 0 aliphatic rings. The first-order chi connectivity index (χ1) is 12.1. The third-order valence-electron chi connectivity index (χ3n) is 4.14. The van der Waals surface area contributed by atoms with E-state index in [-0.39, 0.29) is 11.2 Å². The minimum Gasteiger partial charge on any atom is -0.325 e. The molecule has 0 fully saturated rings. The van der Waals surface area contributed by atoms with Gasteiger partial charge in [-0.05, 0) is 50.1 Å². The standard InChI is InChI=1S/C21H22N2OS/c1-4-19(21(24)22-16-11-9-14(2)10-12-16)25-20-13-15(3)17-7-5-6-8-18(17)23-20/h5-13,19H,4H2,1-3H3,(H,22,24). The highest BCUT2D eigenvalue weighted by Gasteiger charge is 2.19. The average molecular weight is 350 g/mol. The van der Waals surface area contributed by atoms with Crippen molar-refractivity contribution in [3.05, 3.63) is 65.7 Å². The molecular formula is C21H22N2OS. The Bertz CT molecular complexity index is 890. The minimum absolute atomic E-state index is 0.0176. The van der Waals surface area contributed by atoms with Crippen LogP contribution in [0.2, 0.25) is 0 Å². The van der Waals surface area contributed by atoms with Gasteiger partial charge in [0.2, 0.25) is 5.91 Å². The lowest BCUT2D eigenvalue weighted by atomic mass is 10.1. The zero-order chi connectivity index (χ0) is 17.8. The van der Waals surface area contributed by atoms with Crippen LogP contribution in [0.15, 0.2) is 59.6 Å². The van der Waals surface area contributed by atoms with Crippen LogP contribution in [0.25, 0.3) is 10.9 Å². The van der Waals surface area contributed by atoms with E-state index in [1.807, 2.05) is 56.3 Å². The average Bonchev–Trinajstić information content (AvgIpc) is 2.61. The molecule has 3 rings (SSSR count). The Morgan fingerprint density at radius 3 is 2.56 bits per heavy atom. The number of nitrogens with one attached hydrogen (secondary N) is 1. The minimum atomic E-state index is -0.172. The van der Waals surface area contributed by atoms with Gasteiger partial charge in [0, 0.05) is 11.1 Å². The highest BCUT2D eigenvalue weighted by Crippen LogP contribution is 2.28. The molecule has 128 valence electrons. The number of aromatic nitrogens is 1. The second-order valence-electron chi connectivity index (χ2n) is 6.16. The van der Waals surface area contributed by atoms with Gasteiger partial charge in [0.05, 0.1) is 15.8 Å². The summed E-state index contributed by atoms with van der Waals surface area (Å²) in [5, 5.41) is 4.88. The van der Waals surface area contributed by atoms with Crippen LogP contribution in [0.4, 0.5) is 5.69 Å². The maximum absolute atomic E-state index is 12.6. The van der Waals surface area contributed by atoms with Gasteiger partial charge in [-0.1, -0.05) is 54.6 Å². The molecule has 4 heteroatoms. The third kappa shape index (κ3) is 4.20. The van der Waals surface area contributed by atoms with Crippen LogP contribution < -0.4 is 5.32 Å². The third-order valence-corrected chi connectivity index (χ3v) is 5.43. The molecule has 1 N–H and O–H groups in total. The molecule has 1 heterocycles. The first-order valence-electron chi connectivity index (χ1n) is 8.47. The van der Waals surface area contributed by atoms with Crippen molar-refractivity contribution in [1.82, 2.24) is 4.98 Å². The molecule has 0 radical (unpaired) electrons. The predicted molar refractivity (Wildman–Crippen MR) is 106 cm³/mol. The largest absolute Gasteiger partial charge is 0.325 e. The maximum atomic E-state index is 12.6. The smallest absolute Gasteiger partial charge is 0.237 e. The summed E-state index contributed by atoms with van der Waals surface area (Å²) in [6.45, 7) is 6.14. The van der Waals surface area contributed by atoms with Gasteiger partial charge in [0.15, 0.2) is 0 Å². The number of amides is 1. The van der Waals surface area contributed by atoms with Gasteiger partial charge >= 0.3 is 0 Å². The van der Waals surface area contributed by atoms with E-state index in [4.69, 9.17) is 4.98 Å². The molecule has 0 spiro atoms. The number of rotatable bonds is 5. The highest BCUT2D eigenvalue weighted by atomic mass is 32.2. The Balaban J connectivity index is 1.77. The van der Waals surface area contributed by atoms with Crippen molar-refractivity contribution in [3.8, 4) is 0 Å². The quantitative estimate of drug-likeness (QED) is 0.630. The highest BCUT2D eigenvalue weighted by molar-refractivity contribution is 8.00. The van der Waals surface area contributed by atoms with Gasteiger partial charge < -0.3 is 5.32 Å². The Labute approximate surface area is 152 Å². The molecule has 1 unspecified atom stereocenters. The van der Waals surface area contributed by atoms with Crippen LogP contribution in [-0.4, -0.2) is 16.1 Å². The Kier molecular flexibility index (Phi) is 5.39. The molecule has 0 saturated heterocycles. The summed E-state index contributed by atoms with van der Waals surface area (Å²) in [7, 11) is 0. The number of nitrogens with zero attached hydrogens (tertiary/aromatic N) is 1. The molecule has 0 aliphatic heterocycles. The fourth-order valence-corrected chi connectivity index (χ4v) is 3.73. The van der Waals surface area contributed by atoms with E-state index < -0.39 is 0 Å². The molecule has 1 amide bonds. The fraction of sp³-hybridized carbons (Fsp3) is 0.238. The molecular weight excluding hydrogens is 328 g/mol. The number of aryl methyl sites for hydroxylation is 2. The number of carbonyl (C=O) groups excluding carboxylic acids is 1. The second kappa shape index (κ2) is 7.70. The van der Waals surface area contributed by atoms with Crippen molar-refractivity contribution in [3.63, 3.8) is 0 Å². The summed E-state index contributed by atoms with van der Waals surface area (Å²) in [5.41, 5.74) is 4.16. The van der Waals surface area contributed by atoms with E-state index in [1.54, 1.807) is 0 Å².